The van der Waals surface area contributed by atoms with E-state index in [0.717, 1.165) is 25.7 Å². The van der Waals surface area contributed by atoms with Crippen molar-refractivity contribution in [1.82, 2.24) is 4.90 Å². The number of thiocarbonyl (C=S) groups is 1. The van der Waals surface area contributed by atoms with E-state index >= 15 is 0 Å². The van der Waals surface area contributed by atoms with Gasteiger partial charge in [-0.25, -0.2) is 0 Å². The fraction of sp³-hybridized carbons (Fsp3) is 0.857. The highest BCUT2D eigenvalue weighted by Crippen LogP contribution is 2.40. The van der Waals surface area contributed by atoms with E-state index in [2.05, 4.69) is 0 Å². The normalized spacial score (nSPS) is 24.3. The molecule has 0 unspecified atom stereocenters. The molecule has 5 nitrogen and oxygen atoms in total. The fourth-order valence-electron chi connectivity index (χ4n) is 3.33. The topological polar surface area (TPSA) is 75.8 Å². The summed E-state index contributed by atoms with van der Waals surface area (Å²) in [6, 6.07) is 0. The highest BCUT2D eigenvalue weighted by molar-refractivity contribution is 7.80. The highest BCUT2D eigenvalue weighted by Gasteiger charge is 2.46. The first-order valence-corrected chi connectivity index (χ1v) is 7.66. The molecule has 1 heterocycles. The lowest BCUT2D eigenvalue weighted by Gasteiger charge is -2.38. The number of rotatable bonds is 4. The van der Waals surface area contributed by atoms with Crippen LogP contribution in [-0.4, -0.2) is 53.3 Å². The number of hydrogen-bond donors (Lipinski definition) is 2. The van der Waals surface area contributed by atoms with Gasteiger partial charge in [-0.15, -0.1) is 0 Å². The maximum Gasteiger partial charge on any atom is 0.235 e. The van der Waals surface area contributed by atoms with Crippen LogP contribution < -0.4 is 5.73 Å². The van der Waals surface area contributed by atoms with E-state index in [1.54, 1.807) is 11.9 Å². The molecule has 2 aliphatic rings. The number of amides is 1. The minimum absolute atomic E-state index is 0.0394. The van der Waals surface area contributed by atoms with Gasteiger partial charge in [-0.3, -0.25) is 4.79 Å². The molecule has 0 spiro atoms. The third kappa shape index (κ3) is 2.97. The third-order valence-corrected chi connectivity index (χ3v) is 5.03. The quantitative estimate of drug-likeness (QED) is 0.752. The van der Waals surface area contributed by atoms with Crippen molar-refractivity contribution < 1.29 is 14.6 Å². The van der Waals surface area contributed by atoms with Crippen molar-refractivity contribution >= 4 is 23.1 Å². The van der Waals surface area contributed by atoms with E-state index in [0.29, 0.717) is 37.6 Å². The summed E-state index contributed by atoms with van der Waals surface area (Å²) in [4.78, 5) is 14.6. The molecule has 1 aliphatic heterocycles. The first-order valence-electron chi connectivity index (χ1n) is 7.25. The zero-order valence-corrected chi connectivity index (χ0v) is 12.9. The molecular formula is C14H24N2O3S. The summed E-state index contributed by atoms with van der Waals surface area (Å²) in [6.07, 6.45) is 4.54. The lowest BCUT2D eigenvalue weighted by atomic mass is 9.83. The van der Waals surface area contributed by atoms with Crippen LogP contribution in [0.15, 0.2) is 0 Å². The molecule has 0 atom stereocenters. The SMILES string of the molecule is CN(CC1(O)CCOCC1)C(=O)C1(C(N)=S)CCCC1. The van der Waals surface area contributed by atoms with E-state index in [-0.39, 0.29) is 5.91 Å². The Morgan fingerprint density at radius 1 is 1.30 bits per heavy atom. The number of aliphatic hydroxyl groups is 1. The van der Waals surface area contributed by atoms with Gasteiger partial charge in [0.25, 0.3) is 0 Å². The Kier molecular flexibility index (Phi) is 4.66. The second kappa shape index (κ2) is 5.95. The van der Waals surface area contributed by atoms with Gasteiger partial charge in [0, 0.05) is 39.6 Å². The monoisotopic (exact) mass is 300 g/mol. The molecule has 20 heavy (non-hydrogen) atoms. The van der Waals surface area contributed by atoms with Gasteiger partial charge in [-0.05, 0) is 12.8 Å². The lowest BCUT2D eigenvalue weighted by molar-refractivity contribution is -0.143. The number of nitrogens with two attached hydrogens (primary N) is 1. The minimum atomic E-state index is -0.849. The number of carbonyl (C=O) groups is 1. The molecule has 1 saturated heterocycles. The molecule has 3 N–H and O–H groups in total. The smallest absolute Gasteiger partial charge is 0.235 e. The van der Waals surface area contributed by atoms with Crippen molar-refractivity contribution in [2.75, 3.05) is 26.8 Å². The molecule has 2 fully saturated rings. The van der Waals surface area contributed by atoms with Crippen molar-refractivity contribution in [1.29, 1.82) is 0 Å². The van der Waals surface area contributed by atoms with Crippen molar-refractivity contribution in [3.63, 3.8) is 0 Å². The van der Waals surface area contributed by atoms with Crippen LogP contribution in [0.4, 0.5) is 0 Å². The predicted molar refractivity (Wildman–Crippen MR) is 80.3 cm³/mol. The van der Waals surface area contributed by atoms with Crippen LogP contribution in [0, 0.1) is 5.41 Å². The van der Waals surface area contributed by atoms with Gasteiger partial charge >= 0.3 is 0 Å². The standard InChI is InChI=1S/C14H24N2O3S/c1-16(10-13(18)6-8-19-9-7-13)12(17)14(11(15)20)4-2-3-5-14/h18H,2-10H2,1H3,(H2,15,20). The van der Waals surface area contributed by atoms with Gasteiger partial charge in [-0.2, -0.15) is 0 Å². The number of hydrogen-bond acceptors (Lipinski definition) is 4. The number of ether oxygens (including phenoxy) is 1. The lowest BCUT2D eigenvalue weighted by Crippen LogP contribution is -2.53. The van der Waals surface area contributed by atoms with Crippen LogP contribution in [-0.2, 0) is 9.53 Å². The van der Waals surface area contributed by atoms with Crippen LogP contribution in [0.3, 0.4) is 0 Å². The molecule has 6 heteroatoms. The van der Waals surface area contributed by atoms with E-state index < -0.39 is 11.0 Å². The summed E-state index contributed by atoms with van der Waals surface area (Å²) in [5, 5.41) is 10.5. The van der Waals surface area contributed by atoms with Gasteiger partial charge in [0.05, 0.1) is 16.0 Å². The summed E-state index contributed by atoms with van der Waals surface area (Å²) >= 11 is 5.14. The fourth-order valence-corrected chi connectivity index (χ4v) is 3.62. The van der Waals surface area contributed by atoms with Crippen molar-refractivity contribution in [3.05, 3.63) is 0 Å². The maximum atomic E-state index is 12.7. The first-order chi connectivity index (χ1) is 9.40. The average molecular weight is 300 g/mol. The largest absolute Gasteiger partial charge is 0.392 e. The first kappa shape index (κ1) is 15.7. The van der Waals surface area contributed by atoms with Gasteiger partial charge in [-0.1, -0.05) is 25.1 Å². The molecule has 114 valence electrons. The molecular weight excluding hydrogens is 276 g/mol. The second-order valence-electron chi connectivity index (χ2n) is 6.15. The Bertz CT molecular complexity index is 388. The van der Waals surface area contributed by atoms with Crippen LogP contribution in [0.25, 0.3) is 0 Å². The van der Waals surface area contributed by atoms with Gasteiger partial charge < -0.3 is 20.5 Å². The van der Waals surface area contributed by atoms with Crippen molar-refractivity contribution in [3.8, 4) is 0 Å². The van der Waals surface area contributed by atoms with Crippen molar-refractivity contribution in [2.45, 2.75) is 44.1 Å². The Morgan fingerprint density at radius 3 is 2.35 bits per heavy atom. The Balaban J connectivity index is 2.05. The number of carbonyl (C=O) groups excluding carboxylic acids is 1. The van der Waals surface area contributed by atoms with Gasteiger partial charge in [0.1, 0.15) is 0 Å². The molecule has 1 saturated carbocycles. The summed E-state index contributed by atoms with van der Waals surface area (Å²) < 4.78 is 5.26. The molecule has 0 aromatic heterocycles. The second-order valence-corrected chi connectivity index (χ2v) is 6.59. The maximum absolute atomic E-state index is 12.7. The van der Waals surface area contributed by atoms with Crippen molar-refractivity contribution in [2.24, 2.45) is 11.1 Å². The zero-order valence-electron chi connectivity index (χ0n) is 12.1. The summed E-state index contributed by atoms with van der Waals surface area (Å²) in [5.41, 5.74) is 4.30. The van der Waals surface area contributed by atoms with Crippen LogP contribution >= 0.6 is 12.2 Å². The van der Waals surface area contributed by atoms with Crippen LogP contribution in [0.2, 0.25) is 0 Å². The van der Waals surface area contributed by atoms with Gasteiger partial charge in [0.2, 0.25) is 5.91 Å². The molecule has 0 bridgehead atoms. The molecule has 1 aliphatic carbocycles. The summed E-state index contributed by atoms with van der Waals surface area (Å²) in [6.45, 7) is 1.40. The minimum Gasteiger partial charge on any atom is -0.392 e. The van der Waals surface area contributed by atoms with E-state index in [4.69, 9.17) is 22.7 Å². The number of likely N-dealkylation sites (N-methyl/N-ethyl adjacent to an activating group) is 1. The molecule has 0 aromatic carbocycles. The van der Waals surface area contributed by atoms with E-state index in [1.165, 1.54) is 0 Å². The van der Waals surface area contributed by atoms with Crippen LogP contribution in [0.5, 0.6) is 0 Å². The summed E-state index contributed by atoms with van der Waals surface area (Å²) in [7, 11) is 1.73. The van der Waals surface area contributed by atoms with Gasteiger partial charge in [0.15, 0.2) is 0 Å². The highest BCUT2D eigenvalue weighted by atomic mass is 32.1. The van der Waals surface area contributed by atoms with E-state index in [9.17, 15) is 9.90 Å². The van der Waals surface area contributed by atoms with Crippen LogP contribution in [0.1, 0.15) is 38.5 Å². The predicted octanol–water partition coefficient (Wildman–Crippen LogP) is 0.833. The molecule has 0 radical (unpaired) electrons. The Morgan fingerprint density at radius 2 is 1.85 bits per heavy atom. The molecule has 1 amide bonds. The summed E-state index contributed by atoms with van der Waals surface area (Å²) in [5.74, 6) is -0.0394. The Labute approximate surface area is 125 Å². The number of nitrogens with zero attached hydrogens (tertiary/aromatic N) is 1. The van der Waals surface area contributed by atoms with E-state index in [1.807, 2.05) is 0 Å². The average Bonchev–Trinajstić information content (AvgIpc) is 2.88. The molecule has 2 rings (SSSR count). The third-order valence-electron chi connectivity index (χ3n) is 4.64. The Hall–Kier alpha value is -0.720. The zero-order chi connectivity index (χ0) is 14.8. The molecule has 0 aromatic rings.